The Morgan fingerprint density at radius 1 is 1.36 bits per heavy atom. The molecule has 0 aromatic carbocycles. The molecule has 2 rings (SSSR count). The van der Waals surface area contributed by atoms with E-state index in [9.17, 15) is 0 Å². The number of hydrogen-bond acceptors (Lipinski definition) is 0. The van der Waals surface area contributed by atoms with Crippen molar-refractivity contribution in [3.05, 3.63) is 28.6 Å². The molecule has 0 unspecified atom stereocenters. The standard InChI is InChI=1S/C9H9OSe/c1-6-5-8-3-4-11-9(8)7(2)10-6/h3-5H,1-2H3/q+1. The quantitative estimate of drug-likeness (QED) is 0.482. The fourth-order valence-corrected chi connectivity index (χ4v) is 2.98. The van der Waals surface area contributed by atoms with Gasteiger partial charge in [-0.2, -0.15) is 0 Å². The van der Waals surface area contributed by atoms with Crippen LogP contribution in [0, 0.1) is 13.8 Å². The number of aryl methyl sites for hydroxylation is 2. The molecule has 2 heterocycles. The van der Waals surface area contributed by atoms with E-state index < -0.39 is 0 Å². The second-order valence-electron chi connectivity index (χ2n) is 2.62. The topological polar surface area (TPSA) is 11.3 Å². The van der Waals surface area contributed by atoms with E-state index in [4.69, 9.17) is 4.42 Å². The first kappa shape index (κ1) is 7.08. The van der Waals surface area contributed by atoms with Crippen molar-refractivity contribution in [2.45, 2.75) is 13.8 Å². The fraction of sp³-hybridized carbons (Fsp3) is 0.222. The van der Waals surface area contributed by atoms with Crippen molar-refractivity contribution in [1.29, 1.82) is 0 Å². The van der Waals surface area contributed by atoms with Crippen LogP contribution < -0.4 is 0 Å². The van der Waals surface area contributed by atoms with Crippen molar-refractivity contribution in [2.24, 2.45) is 0 Å². The van der Waals surface area contributed by atoms with Crippen molar-refractivity contribution >= 4 is 24.1 Å². The van der Waals surface area contributed by atoms with Gasteiger partial charge in [-0.25, -0.2) is 0 Å². The van der Waals surface area contributed by atoms with E-state index in [1.54, 1.807) is 0 Å². The molecule has 0 atom stereocenters. The molecule has 0 aliphatic rings. The number of fused-ring (bicyclic) bond motifs is 1. The summed E-state index contributed by atoms with van der Waals surface area (Å²) in [4.78, 5) is 2.24. The fourth-order valence-electron chi connectivity index (χ4n) is 1.26. The van der Waals surface area contributed by atoms with E-state index in [-0.39, 0.29) is 0 Å². The molecule has 2 aromatic heterocycles. The summed E-state index contributed by atoms with van der Waals surface area (Å²) in [5.41, 5.74) is 0. The molecular formula is C9H9OSe+. The van der Waals surface area contributed by atoms with Crippen molar-refractivity contribution in [3.8, 4) is 0 Å². The zero-order valence-corrected chi connectivity index (χ0v) is 8.26. The third kappa shape index (κ3) is 1.13. The van der Waals surface area contributed by atoms with Crippen molar-refractivity contribution in [2.75, 3.05) is 0 Å². The number of rotatable bonds is 0. The second-order valence-corrected chi connectivity index (χ2v) is 4.54. The van der Waals surface area contributed by atoms with Gasteiger partial charge in [-0.15, -0.1) is 0 Å². The summed E-state index contributed by atoms with van der Waals surface area (Å²) in [5.74, 6) is 2.09. The van der Waals surface area contributed by atoms with Crippen LogP contribution in [0.25, 0.3) is 9.65 Å². The molecule has 0 fully saturated rings. The first-order valence-electron chi connectivity index (χ1n) is 3.55. The predicted molar refractivity (Wildman–Crippen MR) is 47.0 cm³/mol. The Hall–Kier alpha value is -0.591. The van der Waals surface area contributed by atoms with Crippen LogP contribution >= 0.6 is 0 Å². The van der Waals surface area contributed by atoms with E-state index in [1.807, 2.05) is 13.8 Å². The van der Waals surface area contributed by atoms with E-state index in [1.165, 1.54) is 9.65 Å². The summed E-state index contributed by atoms with van der Waals surface area (Å²) in [7, 11) is 0. The molecule has 11 heavy (non-hydrogen) atoms. The second kappa shape index (κ2) is 2.47. The Bertz CT molecular complexity index is 389. The minimum atomic E-state index is 0.511. The van der Waals surface area contributed by atoms with Gasteiger partial charge in [0, 0.05) is 0 Å². The minimum absolute atomic E-state index is 0.511. The Balaban J connectivity index is 2.91. The first-order valence-corrected chi connectivity index (χ1v) is 5.39. The van der Waals surface area contributed by atoms with Gasteiger partial charge in [0.1, 0.15) is 0 Å². The van der Waals surface area contributed by atoms with Gasteiger partial charge in [0.25, 0.3) is 0 Å². The summed E-state index contributed by atoms with van der Waals surface area (Å²) in [6, 6.07) is 4.29. The van der Waals surface area contributed by atoms with E-state index in [0.29, 0.717) is 14.5 Å². The summed E-state index contributed by atoms with van der Waals surface area (Å²) in [6.45, 7) is 4.03. The normalized spacial score (nSPS) is 10.7. The van der Waals surface area contributed by atoms with Crippen LogP contribution in [0.15, 0.2) is 21.5 Å². The molecule has 0 saturated heterocycles. The Morgan fingerprint density at radius 3 is 3.00 bits per heavy atom. The van der Waals surface area contributed by atoms with Crippen LogP contribution in [0.4, 0.5) is 0 Å². The SMILES string of the molecule is Cc1cc2cc[se]c2c(C)[o+]1. The summed E-state index contributed by atoms with van der Waals surface area (Å²) in [6.07, 6.45) is 0. The van der Waals surface area contributed by atoms with Crippen LogP contribution in [0.1, 0.15) is 11.5 Å². The van der Waals surface area contributed by atoms with Gasteiger partial charge in [-0.1, -0.05) is 0 Å². The third-order valence-electron chi connectivity index (χ3n) is 1.69. The molecule has 56 valence electrons. The van der Waals surface area contributed by atoms with Crippen LogP contribution in [-0.2, 0) is 0 Å². The van der Waals surface area contributed by atoms with Gasteiger partial charge in [0.15, 0.2) is 0 Å². The molecule has 0 aliphatic heterocycles. The molecule has 0 bridgehead atoms. The Morgan fingerprint density at radius 2 is 2.18 bits per heavy atom. The monoisotopic (exact) mass is 213 g/mol. The van der Waals surface area contributed by atoms with Crippen LogP contribution in [-0.4, -0.2) is 14.5 Å². The molecule has 2 aromatic rings. The summed E-state index contributed by atoms with van der Waals surface area (Å²) >= 11 is 0.511. The van der Waals surface area contributed by atoms with Gasteiger partial charge in [-0.3, -0.25) is 0 Å². The molecule has 0 amide bonds. The third-order valence-corrected chi connectivity index (χ3v) is 3.85. The first-order chi connectivity index (χ1) is 5.27. The maximum absolute atomic E-state index is 5.50. The van der Waals surface area contributed by atoms with Crippen LogP contribution in [0.3, 0.4) is 0 Å². The van der Waals surface area contributed by atoms with Gasteiger partial charge < -0.3 is 0 Å². The average molecular weight is 212 g/mol. The molecule has 0 saturated carbocycles. The maximum atomic E-state index is 5.50. The van der Waals surface area contributed by atoms with Crippen molar-refractivity contribution in [3.63, 3.8) is 0 Å². The van der Waals surface area contributed by atoms with Gasteiger partial charge >= 0.3 is 71.0 Å². The Labute approximate surface area is 71.4 Å². The molecule has 0 aliphatic carbocycles. The van der Waals surface area contributed by atoms with E-state index in [2.05, 4.69) is 17.1 Å². The molecule has 0 N–H and O–H groups in total. The summed E-state index contributed by atoms with van der Waals surface area (Å²) in [5, 5.41) is 1.35. The molecule has 0 spiro atoms. The van der Waals surface area contributed by atoms with Crippen LogP contribution in [0.5, 0.6) is 0 Å². The molecule has 0 radical (unpaired) electrons. The van der Waals surface area contributed by atoms with Crippen LogP contribution in [0.2, 0.25) is 0 Å². The van der Waals surface area contributed by atoms with Gasteiger partial charge in [-0.05, 0) is 0 Å². The van der Waals surface area contributed by atoms with E-state index >= 15 is 0 Å². The van der Waals surface area contributed by atoms with Crippen molar-refractivity contribution < 1.29 is 4.42 Å². The predicted octanol–water partition coefficient (Wildman–Crippen LogP) is 2.39. The Kier molecular flexibility index (Phi) is 1.59. The summed E-state index contributed by atoms with van der Waals surface area (Å²) < 4.78 is 6.90. The molecule has 1 nitrogen and oxygen atoms in total. The van der Waals surface area contributed by atoms with Crippen molar-refractivity contribution in [1.82, 2.24) is 0 Å². The zero-order chi connectivity index (χ0) is 7.84. The molecular weight excluding hydrogens is 203 g/mol. The van der Waals surface area contributed by atoms with Gasteiger partial charge in [0.05, 0.1) is 0 Å². The van der Waals surface area contributed by atoms with Gasteiger partial charge in [0.2, 0.25) is 0 Å². The number of hydrogen-bond donors (Lipinski definition) is 0. The average Bonchev–Trinajstić information content (AvgIpc) is 2.34. The zero-order valence-electron chi connectivity index (χ0n) is 6.55. The van der Waals surface area contributed by atoms with E-state index in [0.717, 1.165) is 11.5 Å². The molecule has 2 heteroatoms.